The Morgan fingerprint density at radius 1 is 1.28 bits per heavy atom. The molecule has 0 fully saturated rings. The van der Waals surface area contributed by atoms with Crippen LogP contribution in [0.3, 0.4) is 0 Å². The highest BCUT2D eigenvalue weighted by Crippen LogP contribution is 2.07. The smallest absolute Gasteiger partial charge is 0.321 e. The van der Waals surface area contributed by atoms with Crippen LogP contribution >= 0.6 is 0 Å². The number of carbonyl (C=O) groups is 2. The number of amides is 1. The van der Waals surface area contributed by atoms with Crippen LogP contribution in [0.15, 0.2) is 35.2 Å². The zero-order chi connectivity index (χ0) is 13.8. The van der Waals surface area contributed by atoms with Crippen molar-refractivity contribution in [3.63, 3.8) is 0 Å². The molecule has 0 saturated carbocycles. The zero-order valence-corrected chi connectivity index (χ0v) is 10.1. The molecule has 1 aromatic rings. The molecule has 0 aliphatic carbocycles. The summed E-state index contributed by atoms with van der Waals surface area (Å²) in [4.78, 5) is 21.6. The van der Waals surface area contributed by atoms with Crippen molar-refractivity contribution in [2.24, 2.45) is 5.73 Å². The van der Waals surface area contributed by atoms with Gasteiger partial charge in [-0.05, 0) is 12.1 Å². The highest BCUT2D eigenvalue weighted by molar-refractivity contribution is 7.90. The predicted octanol–water partition coefficient (Wildman–Crippen LogP) is -0.706. The summed E-state index contributed by atoms with van der Waals surface area (Å²) in [5, 5.41) is 8.49. The summed E-state index contributed by atoms with van der Waals surface area (Å²) in [7, 11) is -3.98. The number of nitrogens with one attached hydrogen (secondary N) is 1. The van der Waals surface area contributed by atoms with Crippen molar-refractivity contribution in [3.05, 3.63) is 30.3 Å². The van der Waals surface area contributed by atoms with Crippen LogP contribution in [0, 0.1) is 0 Å². The van der Waals surface area contributed by atoms with Gasteiger partial charge < -0.3 is 10.8 Å². The molecule has 7 nitrogen and oxygen atoms in total. The van der Waals surface area contributed by atoms with E-state index in [9.17, 15) is 18.0 Å². The first-order chi connectivity index (χ1) is 8.33. The average molecular weight is 272 g/mol. The molecule has 1 atom stereocenters. The third-order valence-corrected chi connectivity index (χ3v) is 3.41. The molecule has 18 heavy (non-hydrogen) atoms. The van der Waals surface area contributed by atoms with Crippen molar-refractivity contribution in [2.75, 3.05) is 0 Å². The van der Waals surface area contributed by atoms with E-state index in [1.165, 1.54) is 24.3 Å². The molecule has 4 N–H and O–H groups in total. The van der Waals surface area contributed by atoms with Crippen molar-refractivity contribution in [1.29, 1.82) is 0 Å². The molecular weight excluding hydrogens is 260 g/mol. The Labute approximate surface area is 104 Å². The number of hydrogen-bond donors (Lipinski definition) is 3. The van der Waals surface area contributed by atoms with E-state index < -0.39 is 34.4 Å². The fourth-order valence-corrected chi connectivity index (χ4v) is 2.15. The van der Waals surface area contributed by atoms with E-state index >= 15 is 0 Å². The third kappa shape index (κ3) is 3.82. The van der Waals surface area contributed by atoms with Gasteiger partial charge in [0.25, 0.3) is 10.0 Å². The second kappa shape index (κ2) is 5.61. The minimum Gasteiger partial charge on any atom is -0.480 e. The van der Waals surface area contributed by atoms with Crippen LogP contribution in [-0.4, -0.2) is 31.4 Å². The first-order valence-corrected chi connectivity index (χ1v) is 6.40. The Bertz CT molecular complexity index is 541. The lowest BCUT2D eigenvalue weighted by atomic mass is 10.2. The van der Waals surface area contributed by atoms with Gasteiger partial charge in [-0.25, -0.2) is 13.1 Å². The monoisotopic (exact) mass is 272 g/mol. The second-order valence-electron chi connectivity index (χ2n) is 3.49. The van der Waals surface area contributed by atoms with E-state index in [2.05, 4.69) is 0 Å². The largest absolute Gasteiger partial charge is 0.480 e. The van der Waals surface area contributed by atoms with E-state index in [1.807, 2.05) is 0 Å². The lowest BCUT2D eigenvalue weighted by Gasteiger charge is -2.08. The van der Waals surface area contributed by atoms with Gasteiger partial charge in [-0.15, -0.1) is 0 Å². The molecule has 0 unspecified atom stereocenters. The first-order valence-electron chi connectivity index (χ1n) is 4.92. The van der Waals surface area contributed by atoms with Crippen LogP contribution < -0.4 is 10.5 Å². The number of sulfonamides is 1. The molecule has 8 heteroatoms. The number of hydrogen-bond acceptors (Lipinski definition) is 5. The number of rotatable bonds is 5. The molecule has 98 valence electrons. The average Bonchev–Trinajstić information content (AvgIpc) is 2.29. The molecule has 1 amide bonds. The molecule has 0 heterocycles. The van der Waals surface area contributed by atoms with Gasteiger partial charge >= 0.3 is 5.97 Å². The molecule has 0 saturated heterocycles. The van der Waals surface area contributed by atoms with Crippen molar-refractivity contribution < 1.29 is 23.1 Å². The highest BCUT2D eigenvalue weighted by atomic mass is 32.2. The summed E-state index contributed by atoms with van der Waals surface area (Å²) in [5.41, 5.74) is 5.12. The quantitative estimate of drug-likeness (QED) is 0.650. The summed E-state index contributed by atoms with van der Waals surface area (Å²) in [6, 6.07) is 5.82. The van der Waals surface area contributed by atoms with Crippen molar-refractivity contribution in [2.45, 2.75) is 17.4 Å². The number of carboxylic acid groups (broad SMARTS) is 1. The fraction of sp³-hybridized carbons (Fsp3) is 0.200. The van der Waals surface area contributed by atoms with Crippen LogP contribution in [0.2, 0.25) is 0 Å². The van der Waals surface area contributed by atoms with Crippen LogP contribution in [0.1, 0.15) is 6.42 Å². The van der Waals surface area contributed by atoms with Crippen LogP contribution in [-0.2, 0) is 19.6 Å². The van der Waals surface area contributed by atoms with E-state index in [0.29, 0.717) is 0 Å². The normalized spacial score (nSPS) is 12.7. The molecular formula is C10H12N2O5S. The minimum absolute atomic E-state index is 0.0813. The summed E-state index contributed by atoms with van der Waals surface area (Å²) in [5.74, 6) is -2.34. The number of benzene rings is 1. The van der Waals surface area contributed by atoms with Crippen molar-refractivity contribution in [3.8, 4) is 0 Å². The standard InChI is InChI=1S/C10H12N2O5S/c11-8(10(14)15)6-9(13)12-18(16,17)7-4-2-1-3-5-7/h1-5,8H,6,11H2,(H,12,13)(H,14,15)/t8-/m0/s1. The first kappa shape index (κ1) is 14.1. The Kier molecular flexibility index (Phi) is 4.40. The Morgan fingerprint density at radius 3 is 2.33 bits per heavy atom. The van der Waals surface area contributed by atoms with E-state index in [0.717, 1.165) is 0 Å². The fourth-order valence-electron chi connectivity index (χ4n) is 1.14. The maximum atomic E-state index is 11.7. The van der Waals surface area contributed by atoms with Crippen molar-refractivity contribution >= 4 is 21.9 Å². The number of aliphatic carboxylic acids is 1. The SMILES string of the molecule is N[C@@H](CC(=O)NS(=O)(=O)c1ccccc1)C(=O)O. The molecule has 0 aliphatic heterocycles. The molecule has 0 bridgehead atoms. The highest BCUT2D eigenvalue weighted by Gasteiger charge is 2.21. The zero-order valence-electron chi connectivity index (χ0n) is 9.24. The minimum atomic E-state index is -3.98. The van der Waals surface area contributed by atoms with E-state index in [4.69, 9.17) is 10.8 Å². The molecule has 0 spiro atoms. The number of carboxylic acids is 1. The number of nitrogens with two attached hydrogens (primary N) is 1. The van der Waals surface area contributed by atoms with Gasteiger partial charge in [0.1, 0.15) is 6.04 Å². The van der Waals surface area contributed by atoms with Crippen molar-refractivity contribution in [1.82, 2.24) is 4.72 Å². The van der Waals surface area contributed by atoms with Crippen LogP contribution in [0.5, 0.6) is 0 Å². The summed E-state index contributed by atoms with van der Waals surface area (Å²) >= 11 is 0. The third-order valence-electron chi connectivity index (χ3n) is 2.02. The van der Waals surface area contributed by atoms with Crippen LogP contribution in [0.4, 0.5) is 0 Å². The van der Waals surface area contributed by atoms with Gasteiger partial charge in [-0.1, -0.05) is 18.2 Å². The van der Waals surface area contributed by atoms with Gasteiger partial charge in [-0.2, -0.15) is 0 Å². The second-order valence-corrected chi connectivity index (χ2v) is 5.17. The van der Waals surface area contributed by atoms with E-state index in [-0.39, 0.29) is 4.90 Å². The predicted molar refractivity (Wildman–Crippen MR) is 62.0 cm³/mol. The number of carbonyl (C=O) groups excluding carboxylic acids is 1. The lowest BCUT2D eigenvalue weighted by molar-refractivity contribution is -0.140. The summed E-state index contributed by atoms with van der Waals surface area (Å²) in [6.45, 7) is 0. The Balaban J connectivity index is 2.73. The van der Waals surface area contributed by atoms with Crippen LogP contribution in [0.25, 0.3) is 0 Å². The molecule has 0 radical (unpaired) electrons. The molecule has 1 aromatic carbocycles. The van der Waals surface area contributed by atoms with Gasteiger partial charge in [0, 0.05) is 0 Å². The molecule has 0 aromatic heterocycles. The van der Waals surface area contributed by atoms with Gasteiger partial charge in [-0.3, -0.25) is 9.59 Å². The maximum absolute atomic E-state index is 11.7. The van der Waals surface area contributed by atoms with E-state index in [1.54, 1.807) is 10.8 Å². The van der Waals surface area contributed by atoms with Gasteiger partial charge in [0.15, 0.2) is 0 Å². The summed E-state index contributed by atoms with van der Waals surface area (Å²) in [6.07, 6.45) is -0.610. The topological polar surface area (TPSA) is 127 Å². The maximum Gasteiger partial charge on any atom is 0.321 e. The Morgan fingerprint density at radius 2 is 1.83 bits per heavy atom. The molecule has 1 rings (SSSR count). The molecule has 0 aliphatic rings. The Hall–Kier alpha value is -1.93. The van der Waals surface area contributed by atoms with Gasteiger partial charge in [0.05, 0.1) is 11.3 Å². The lowest BCUT2D eigenvalue weighted by Crippen LogP contribution is -2.39. The van der Waals surface area contributed by atoms with Gasteiger partial charge in [0.2, 0.25) is 5.91 Å². The summed E-state index contributed by atoms with van der Waals surface area (Å²) < 4.78 is 25.1.